The number of fused-ring (bicyclic) bond motifs is 1. The summed E-state index contributed by atoms with van der Waals surface area (Å²) in [4.78, 5) is 0. The van der Waals surface area contributed by atoms with E-state index in [4.69, 9.17) is 53.8 Å². The molecule has 0 fully saturated rings. The standard InChI is InChI=1S/C22H18Cl3NO4/c1-27-21-8-13(10-26-14-5-6-19-20(9-14)30-12-29-19)7-18(25)22(21)28-11-15-16(23)3-2-4-17(15)24/h2-9,26H,10-12H2,1H3. The van der Waals surface area contributed by atoms with Crippen LogP contribution in [-0.2, 0) is 13.2 Å². The van der Waals surface area contributed by atoms with Gasteiger partial charge in [-0.15, -0.1) is 0 Å². The SMILES string of the molecule is COc1cc(CNc2ccc3c(c2)OCO3)cc(Cl)c1OCc1c(Cl)cccc1Cl. The van der Waals surface area contributed by atoms with Crippen LogP contribution < -0.4 is 24.3 Å². The van der Waals surface area contributed by atoms with Gasteiger partial charge in [-0.25, -0.2) is 0 Å². The zero-order valence-electron chi connectivity index (χ0n) is 16.0. The number of nitrogens with one attached hydrogen (secondary N) is 1. The molecule has 1 aliphatic heterocycles. The van der Waals surface area contributed by atoms with E-state index in [1.807, 2.05) is 30.3 Å². The van der Waals surface area contributed by atoms with Crippen molar-refractivity contribution in [2.45, 2.75) is 13.2 Å². The number of anilines is 1. The molecule has 0 aromatic heterocycles. The zero-order valence-corrected chi connectivity index (χ0v) is 18.3. The zero-order chi connectivity index (χ0) is 21.1. The Morgan fingerprint density at radius 3 is 2.47 bits per heavy atom. The fraction of sp³-hybridized carbons (Fsp3) is 0.182. The van der Waals surface area contributed by atoms with Crippen molar-refractivity contribution >= 4 is 40.5 Å². The van der Waals surface area contributed by atoms with E-state index in [1.165, 1.54) is 0 Å². The van der Waals surface area contributed by atoms with E-state index in [1.54, 1.807) is 25.3 Å². The smallest absolute Gasteiger partial charge is 0.231 e. The molecule has 1 N–H and O–H groups in total. The number of rotatable bonds is 7. The van der Waals surface area contributed by atoms with E-state index < -0.39 is 0 Å². The number of ether oxygens (including phenoxy) is 4. The van der Waals surface area contributed by atoms with E-state index in [9.17, 15) is 0 Å². The molecule has 3 aromatic carbocycles. The van der Waals surface area contributed by atoms with Gasteiger partial charge in [0.15, 0.2) is 23.0 Å². The Labute approximate surface area is 189 Å². The lowest BCUT2D eigenvalue weighted by Crippen LogP contribution is -2.03. The molecule has 1 heterocycles. The summed E-state index contributed by atoms with van der Waals surface area (Å²) < 4.78 is 22.1. The minimum absolute atomic E-state index is 0.170. The summed E-state index contributed by atoms with van der Waals surface area (Å²) in [5, 5.41) is 4.83. The Kier molecular flexibility index (Phi) is 6.32. The molecule has 3 aromatic rings. The van der Waals surface area contributed by atoms with E-state index in [0.717, 1.165) is 22.7 Å². The van der Waals surface area contributed by atoms with Crippen molar-refractivity contribution in [3.05, 3.63) is 74.7 Å². The highest BCUT2D eigenvalue weighted by atomic mass is 35.5. The number of methoxy groups -OCH3 is 1. The summed E-state index contributed by atoms with van der Waals surface area (Å²) in [5.74, 6) is 2.41. The molecule has 30 heavy (non-hydrogen) atoms. The van der Waals surface area contributed by atoms with Gasteiger partial charge in [-0.2, -0.15) is 0 Å². The van der Waals surface area contributed by atoms with Gasteiger partial charge >= 0.3 is 0 Å². The van der Waals surface area contributed by atoms with Crippen LogP contribution >= 0.6 is 34.8 Å². The van der Waals surface area contributed by atoms with Gasteiger partial charge in [0, 0.05) is 33.9 Å². The summed E-state index contributed by atoms with van der Waals surface area (Å²) in [6.07, 6.45) is 0. The second-order valence-electron chi connectivity index (χ2n) is 6.52. The highest BCUT2D eigenvalue weighted by Crippen LogP contribution is 2.38. The maximum absolute atomic E-state index is 6.48. The van der Waals surface area contributed by atoms with Gasteiger partial charge in [-0.1, -0.05) is 40.9 Å². The van der Waals surface area contributed by atoms with E-state index in [0.29, 0.717) is 38.7 Å². The van der Waals surface area contributed by atoms with Gasteiger partial charge in [-0.05, 0) is 42.0 Å². The van der Waals surface area contributed by atoms with Gasteiger partial charge in [0.25, 0.3) is 0 Å². The van der Waals surface area contributed by atoms with Crippen LogP contribution in [0.3, 0.4) is 0 Å². The summed E-state index contributed by atoms with van der Waals surface area (Å²) in [5.41, 5.74) is 2.52. The van der Waals surface area contributed by atoms with Gasteiger partial charge < -0.3 is 24.3 Å². The number of hydrogen-bond acceptors (Lipinski definition) is 5. The quantitative estimate of drug-likeness (QED) is 0.426. The molecule has 4 rings (SSSR count). The predicted molar refractivity (Wildman–Crippen MR) is 119 cm³/mol. The van der Waals surface area contributed by atoms with Crippen molar-refractivity contribution in [1.29, 1.82) is 0 Å². The molecule has 8 heteroatoms. The maximum Gasteiger partial charge on any atom is 0.231 e. The predicted octanol–water partition coefficient (Wildman–Crippen LogP) is 6.58. The first-order chi connectivity index (χ1) is 14.5. The van der Waals surface area contributed by atoms with Crippen LogP contribution in [0.4, 0.5) is 5.69 Å². The Morgan fingerprint density at radius 2 is 1.70 bits per heavy atom. The van der Waals surface area contributed by atoms with Crippen LogP contribution in [0.15, 0.2) is 48.5 Å². The van der Waals surface area contributed by atoms with Crippen molar-refractivity contribution in [3.8, 4) is 23.0 Å². The minimum atomic E-state index is 0.170. The van der Waals surface area contributed by atoms with Crippen LogP contribution in [-0.4, -0.2) is 13.9 Å². The molecule has 0 amide bonds. The van der Waals surface area contributed by atoms with Crippen LogP contribution in [0.25, 0.3) is 0 Å². The Balaban J connectivity index is 1.48. The average Bonchev–Trinajstić information content (AvgIpc) is 3.20. The highest BCUT2D eigenvalue weighted by molar-refractivity contribution is 6.36. The summed E-state index contributed by atoms with van der Waals surface area (Å²) in [6, 6.07) is 14.7. The number of halogens is 3. The molecule has 0 radical (unpaired) electrons. The molecular weight excluding hydrogens is 449 g/mol. The van der Waals surface area contributed by atoms with Gasteiger partial charge in [0.05, 0.1) is 12.1 Å². The first-order valence-electron chi connectivity index (χ1n) is 9.11. The van der Waals surface area contributed by atoms with Gasteiger partial charge in [0.2, 0.25) is 6.79 Å². The van der Waals surface area contributed by atoms with Crippen molar-refractivity contribution in [2.75, 3.05) is 19.2 Å². The third-order valence-electron chi connectivity index (χ3n) is 4.58. The lowest BCUT2D eigenvalue weighted by molar-refractivity contribution is 0.174. The van der Waals surface area contributed by atoms with E-state index >= 15 is 0 Å². The van der Waals surface area contributed by atoms with Crippen LogP contribution in [0.1, 0.15) is 11.1 Å². The lowest BCUT2D eigenvalue weighted by Gasteiger charge is -2.16. The highest BCUT2D eigenvalue weighted by Gasteiger charge is 2.16. The Morgan fingerprint density at radius 1 is 0.933 bits per heavy atom. The van der Waals surface area contributed by atoms with Crippen LogP contribution in [0.5, 0.6) is 23.0 Å². The molecule has 0 bridgehead atoms. The van der Waals surface area contributed by atoms with Crippen molar-refractivity contribution in [1.82, 2.24) is 0 Å². The molecule has 156 valence electrons. The summed E-state index contributed by atoms with van der Waals surface area (Å²) >= 11 is 18.9. The van der Waals surface area contributed by atoms with Crippen molar-refractivity contribution < 1.29 is 18.9 Å². The summed E-state index contributed by atoms with van der Waals surface area (Å²) in [7, 11) is 1.57. The first kappa shape index (κ1) is 20.8. The molecular formula is C22H18Cl3NO4. The minimum Gasteiger partial charge on any atom is -0.493 e. The third-order valence-corrected chi connectivity index (χ3v) is 5.57. The number of hydrogen-bond donors (Lipinski definition) is 1. The second kappa shape index (κ2) is 9.13. The Hall–Kier alpha value is -2.47. The van der Waals surface area contributed by atoms with Gasteiger partial charge in [0.1, 0.15) is 6.61 Å². The second-order valence-corrected chi connectivity index (χ2v) is 7.74. The number of benzene rings is 3. The normalized spacial score (nSPS) is 12.0. The lowest BCUT2D eigenvalue weighted by atomic mass is 10.2. The molecule has 0 saturated heterocycles. The van der Waals surface area contributed by atoms with E-state index in [-0.39, 0.29) is 13.4 Å². The molecule has 0 aliphatic carbocycles. The fourth-order valence-corrected chi connectivity index (χ4v) is 3.83. The van der Waals surface area contributed by atoms with Crippen molar-refractivity contribution in [2.24, 2.45) is 0 Å². The molecule has 5 nitrogen and oxygen atoms in total. The van der Waals surface area contributed by atoms with Crippen molar-refractivity contribution in [3.63, 3.8) is 0 Å². The third kappa shape index (κ3) is 4.48. The molecule has 0 saturated carbocycles. The summed E-state index contributed by atoms with van der Waals surface area (Å²) in [6.45, 7) is 0.947. The monoisotopic (exact) mass is 465 g/mol. The fourth-order valence-electron chi connectivity index (χ4n) is 3.04. The molecule has 0 spiro atoms. The van der Waals surface area contributed by atoms with Gasteiger partial charge in [-0.3, -0.25) is 0 Å². The first-order valence-corrected chi connectivity index (χ1v) is 10.2. The largest absolute Gasteiger partial charge is 0.493 e. The maximum atomic E-state index is 6.48. The van der Waals surface area contributed by atoms with E-state index in [2.05, 4.69) is 5.32 Å². The van der Waals surface area contributed by atoms with Crippen LogP contribution in [0, 0.1) is 0 Å². The Bertz CT molecular complexity index is 1050. The molecule has 0 atom stereocenters. The van der Waals surface area contributed by atoms with Crippen LogP contribution in [0.2, 0.25) is 15.1 Å². The molecule has 0 unspecified atom stereocenters. The molecule has 1 aliphatic rings. The topological polar surface area (TPSA) is 49.0 Å². The average molecular weight is 467 g/mol.